The minimum atomic E-state index is 0.0167. The molecule has 4 aromatic carbocycles. The van der Waals surface area contributed by atoms with E-state index in [0.717, 1.165) is 5.84 Å². The molecule has 0 saturated carbocycles. The van der Waals surface area contributed by atoms with Gasteiger partial charge in [0, 0.05) is 0 Å². The van der Waals surface area contributed by atoms with Gasteiger partial charge in [-0.15, -0.1) is 4.99 Å². The first-order valence-corrected chi connectivity index (χ1v) is 11.9. The van der Waals surface area contributed by atoms with Crippen molar-refractivity contribution in [2.24, 2.45) is 4.99 Å². The van der Waals surface area contributed by atoms with Gasteiger partial charge in [0.1, 0.15) is 17.4 Å². The van der Waals surface area contributed by atoms with Gasteiger partial charge >= 0.3 is 0 Å². The molecule has 0 radical (unpaired) electrons. The lowest BCUT2D eigenvalue weighted by molar-refractivity contribution is -0.450. The molecule has 0 aromatic heterocycles. The molecule has 2 heterocycles. The van der Waals surface area contributed by atoms with Crippen molar-refractivity contribution in [3.8, 4) is 0 Å². The second-order valence-electron chi connectivity index (χ2n) is 9.32. The van der Waals surface area contributed by atoms with Gasteiger partial charge in [-0.3, -0.25) is 0 Å². The van der Waals surface area contributed by atoms with Crippen LogP contribution in [0.3, 0.4) is 0 Å². The molecule has 2 aliphatic heterocycles. The number of aryl methyl sites for hydroxylation is 3. The second-order valence-corrected chi connectivity index (χ2v) is 9.32. The first-order valence-electron chi connectivity index (χ1n) is 11.9. The third-order valence-electron chi connectivity index (χ3n) is 6.91. The van der Waals surface area contributed by atoms with Crippen LogP contribution in [0.2, 0.25) is 0 Å². The van der Waals surface area contributed by atoms with Gasteiger partial charge in [0.05, 0.1) is 5.56 Å². The highest BCUT2D eigenvalue weighted by molar-refractivity contribution is 6.09. The van der Waals surface area contributed by atoms with Gasteiger partial charge in [-0.1, -0.05) is 90.5 Å². The standard InChI is InChI=1S/C31H28N3/c1-21-18-22(2)29(23(3)19-21)33-20-34-30(25-14-8-5-9-15-25)28(24-12-6-4-7-13-24)32-31(34)26-16-10-11-17-27(26)33/h4-20,28,30H,1-3H3/q+1. The molecule has 3 heteroatoms. The van der Waals surface area contributed by atoms with Crippen molar-refractivity contribution in [3.63, 3.8) is 0 Å². The van der Waals surface area contributed by atoms with E-state index in [1.165, 1.54) is 44.8 Å². The van der Waals surface area contributed by atoms with E-state index in [1.807, 2.05) is 0 Å². The number of amidine groups is 1. The summed E-state index contributed by atoms with van der Waals surface area (Å²) in [5.74, 6) is 1.04. The van der Waals surface area contributed by atoms with Crippen LogP contribution in [0.25, 0.3) is 0 Å². The van der Waals surface area contributed by atoms with Gasteiger partial charge in [0.15, 0.2) is 12.4 Å². The lowest BCUT2D eigenvalue weighted by Gasteiger charge is -2.28. The summed E-state index contributed by atoms with van der Waals surface area (Å²) in [7, 11) is 0. The first kappa shape index (κ1) is 20.6. The predicted molar refractivity (Wildman–Crippen MR) is 140 cm³/mol. The molecular formula is C31H28N3+. The molecule has 2 atom stereocenters. The zero-order chi connectivity index (χ0) is 23.2. The monoisotopic (exact) mass is 442 g/mol. The average molecular weight is 443 g/mol. The van der Waals surface area contributed by atoms with Crippen LogP contribution in [-0.4, -0.2) is 16.7 Å². The Morgan fingerprint density at radius 3 is 1.97 bits per heavy atom. The maximum Gasteiger partial charge on any atom is 0.269 e. The third kappa shape index (κ3) is 3.28. The number of benzene rings is 4. The summed E-state index contributed by atoms with van der Waals surface area (Å²) in [6, 6.07) is 34.7. The molecule has 2 aliphatic rings. The van der Waals surface area contributed by atoms with Gasteiger partial charge in [0.2, 0.25) is 0 Å². The molecule has 34 heavy (non-hydrogen) atoms. The summed E-state index contributed by atoms with van der Waals surface area (Å²) in [4.78, 5) is 7.71. The topological polar surface area (TPSA) is 18.6 Å². The van der Waals surface area contributed by atoms with E-state index in [9.17, 15) is 0 Å². The van der Waals surface area contributed by atoms with Crippen molar-refractivity contribution in [2.45, 2.75) is 32.9 Å². The first-order chi connectivity index (χ1) is 16.6. The molecule has 0 aliphatic carbocycles. The molecule has 6 rings (SSSR count). The van der Waals surface area contributed by atoms with Crippen LogP contribution in [0.1, 0.15) is 45.5 Å². The summed E-state index contributed by atoms with van der Waals surface area (Å²) in [6.07, 6.45) is 2.27. The summed E-state index contributed by atoms with van der Waals surface area (Å²) in [5, 5.41) is 0. The Labute approximate surface area is 201 Å². The van der Waals surface area contributed by atoms with Crippen LogP contribution in [0.5, 0.6) is 0 Å². The molecule has 0 amide bonds. The smallest absolute Gasteiger partial charge is 0.231 e. The van der Waals surface area contributed by atoms with E-state index in [-0.39, 0.29) is 12.1 Å². The van der Waals surface area contributed by atoms with Crippen LogP contribution in [0.4, 0.5) is 11.4 Å². The molecule has 166 valence electrons. The van der Waals surface area contributed by atoms with Crippen molar-refractivity contribution in [1.29, 1.82) is 0 Å². The van der Waals surface area contributed by atoms with Crippen molar-refractivity contribution >= 4 is 23.5 Å². The van der Waals surface area contributed by atoms with Crippen LogP contribution in [-0.2, 0) is 0 Å². The maximum atomic E-state index is 5.35. The van der Waals surface area contributed by atoms with Gasteiger partial charge in [0.25, 0.3) is 5.84 Å². The fourth-order valence-corrected chi connectivity index (χ4v) is 5.58. The van der Waals surface area contributed by atoms with Crippen LogP contribution in [0.15, 0.2) is 102 Å². The molecule has 0 saturated heterocycles. The van der Waals surface area contributed by atoms with E-state index in [1.54, 1.807) is 0 Å². The molecule has 2 unspecified atom stereocenters. The summed E-state index contributed by atoms with van der Waals surface area (Å²) >= 11 is 0. The second kappa shape index (κ2) is 8.11. The van der Waals surface area contributed by atoms with Gasteiger partial charge in [-0.05, 0) is 55.2 Å². The van der Waals surface area contributed by atoms with Crippen LogP contribution in [0, 0.1) is 20.8 Å². The molecule has 0 spiro atoms. The van der Waals surface area contributed by atoms with Gasteiger partial charge in [-0.2, -0.15) is 0 Å². The zero-order valence-corrected chi connectivity index (χ0v) is 19.8. The van der Waals surface area contributed by atoms with E-state index in [2.05, 4.69) is 134 Å². The number of nitrogens with zero attached hydrogens (tertiary/aromatic N) is 3. The van der Waals surface area contributed by atoms with Crippen molar-refractivity contribution in [2.75, 3.05) is 4.90 Å². The summed E-state index contributed by atoms with van der Waals surface area (Å²) in [6.45, 7) is 6.58. The van der Waals surface area contributed by atoms with E-state index in [0.29, 0.717) is 0 Å². The van der Waals surface area contributed by atoms with Gasteiger partial charge in [-0.25, -0.2) is 9.48 Å². The quantitative estimate of drug-likeness (QED) is 0.311. The maximum absolute atomic E-state index is 5.35. The van der Waals surface area contributed by atoms with Crippen LogP contribution >= 0.6 is 0 Å². The van der Waals surface area contributed by atoms with Crippen LogP contribution < -0.4 is 4.90 Å². The largest absolute Gasteiger partial charge is 0.269 e. The molecule has 0 bridgehead atoms. The number of hydrogen-bond donors (Lipinski definition) is 0. The Kier molecular flexibility index (Phi) is 4.91. The molecule has 3 nitrogen and oxygen atoms in total. The van der Waals surface area contributed by atoms with E-state index >= 15 is 0 Å². The SMILES string of the molecule is Cc1cc(C)c(N2C=[N+]3C(=NC(c4ccccc4)C3c3ccccc3)c3ccccc32)c(C)c1. The lowest BCUT2D eigenvalue weighted by atomic mass is 9.94. The third-order valence-corrected chi connectivity index (χ3v) is 6.91. The molecule has 0 fully saturated rings. The Bertz CT molecular complexity index is 1410. The number of rotatable bonds is 3. The minimum absolute atomic E-state index is 0.0167. The van der Waals surface area contributed by atoms with Crippen molar-refractivity contribution < 1.29 is 4.58 Å². The van der Waals surface area contributed by atoms with E-state index in [4.69, 9.17) is 4.99 Å². The Morgan fingerprint density at radius 2 is 1.29 bits per heavy atom. The lowest BCUT2D eigenvalue weighted by Crippen LogP contribution is -2.36. The Hall–Kier alpha value is -3.98. The highest BCUT2D eigenvalue weighted by Crippen LogP contribution is 2.45. The summed E-state index contributed by atoms with van der Waals surface area (Å²) < 4.78 is 2.38. The number of aliphatic imine (C=N–C) groups is 1. The minimum Gasteiger partial charge on any atom is -0.231 e. The molecular weight excluding hydrogens is 414 g/mol. The molecule has 4 aromatic rings. The number of hydrogen-bond acceptors (Lipinski definition) is 2. The summed E-state index contributed by atoms with van der Waals surface area (Å²) in [5.41, 5.74) is 9.93. The highest BCUT2D eigenvalue weighted by Gasteiger charge is 2.46. The normalized spacial score (nSPS) is 18.7. The fraction of sp³-hybridized carbons (Fsp3) is 0.161. The number of fused-ring (bicyclic) bond motifs is 3. The van der Waals surface area contributed by atoms with Gasteiger partial charge < -0.3 is 0 Å². The fourth-order valence-electron chi connectivity index (χ4n) is 5.58. The number of para-hydroxylation sites is 1. The predicted octanol–water partition coefficient (Wildman–Crippen LogP) is 7.05. The molecule has 0 N–H and O–H groups in total. The Morgan fingerprint density at radius 1 is 0.706 bits per heavy atom. The number of anilines is 2. The van der Waals surface area contributed by atoms with E-state index < -0.39 is 0 Å². The van der Waals surface area contributed by atoms with Crippen molar-refractivity contribution in [1.82, 2.24) is 0 Å². The van der Waals surface area contributed by atoms with Crippen molar-refractivity contribution in [3.05, 3.63) is 130 Å². The highest BCUT2D eigenvalue weighted by atomic mass is 15.3. The Balaban J connectivity index is 1.60. The average Bonchev–Trinajstić information content (AvgIpc) is 3.24. The zero-order valence-electron chi connectivity index (χ0n) is 19.8.